The number of piperazine rings is 1. The SMILES string of the molecule is CC1CCC(CN2CCN(CCCCN)CC2)O1. The maximum Gasteiger partial charge on any atom is 0.0706 e. The van der Waals surface area contributed by atoms with Crippen molar-refractivity contribution in [3.8, 4) is 0 Å². The molecule has 4 heteroatoms. The van der Waals surface area contributed by atoms with Gasteiger partial charge in [0.2, 0.25) is 0 Å². The van der Waals surface area contributed by atoms with Gasteiger partial charge in [-0.15, -0.1) is 0 Å². The zero-order chi connectivity index (χ0) is 12.8. The van der Waals surface area contributed by atoms with Crippen molar-refractivity contribution in [2.24, 2.45) is 5.73 Å². The van der Waals surface area contributed by atoms with Gasteiger partial charge in [-0.1, -0.05) is 0 Å². The van der Waals surface area contributed by atoms with Crippen LogP contribution in [-0.2, 0) is 4.74 Å². The first kappa shape index (κ1) is 14.3. The van der Waals surface area contributed by atoms with Gasteiger partial charge in [-0.3, -0.25) is 4.90 Å². The topological polar surface area (TPSA) is 41.7 Å². The molecule has 2 unspecified atom stereocenters. The Morgan fingerprint density at radius 3 is 2.39 bits per heavy atom. The summed E-state index contributed by atoms with van der Waals surface area (Å²) in [4.78, 5) is 5.15. The molecule has 0 saturated carbocycles. The Morgan fingerprint density at radius 1 is 1.06 bits per heavy atom. The van der Waals surface area contributed by atoms with Crippen LogP contribution in [0.15, 0.2) is 0 Å². The van der Waals surface area contributed by atoms with Crippen LogP contribution < -0.4 is 5.73 Å². The molecule has 0 amide bonds. The predicted octanol–water partition coefficient (Wildman–Crippen LogP) is 0.910. The van der Waals surface area contributed by atoms with Crippen LogP contribution in [0, 0.1) is 0 Å². The van der Waals surface area contributed by atoms with Crippen LogP contribution in [-0.4, -0.2) is 67.8 Å². The monoisotopic (exact) mass is 255 g/mol. The summed E-state index contributed by atoms with van der Waals surface area (Å²) in [6, 6.07) is 0. The maximum atomic E-state index is 5.90. The van der Waals surface area contributed by atoms with Gasteiger partial charge in [0.15, 0.2) is 0 Å². The zero-order valence-corrected chi connectivity index (χ0v) is 11.8. The van der Waals surface area contributed by atoms with Crippen molar-refractivity contribution in [1.29, 1.82) is 0 Å². The summed E-state index contributed by atoms with van der Waals surface area (Å²) >= 11 is 0. The molecule has 2 saturated heterocycles. The van der Waals surface area contributed by atoms with E-state index >= 15 is 0 Å². The first-order valence-corrected chi connectivity index (χ1v) is 7.58. The van der Waals surface area contributed by atoms with Crippen molar-refractivity contribution in [3.05, 3.63) is 0 Å². The van der Waals surface area contributed by atoms with Crippen molar-refractivity contribution in [2.75, 3.05) is 45.8 Å². The second-order valence-electron chi connectivity index (χ2n) is 5.78. The lowest BCUT2D eigenvalue weighted by Crippen LogP contribution is -2.48. The second kappa shape index (κ2) is 7.43. The Bertz CT molecular complexity index is 229. The molecule has 0 aromatic carbocycles. The lowest BCUT2D eigenvalue weighted by Gasteiger charge is -2.35. The molecule has 0 radical (unpaired) electrons. The molecule has 4 nitrogen and oxygen atoms in total. The van der Waals surface area contributed by atoms with E-state index in [1.165, 1.54) is 52.0 Å². The Kier molecular flexibility index (Phi) is 5.89. The molecular formula is C14H29N3O. The number of nitrogens with zero attached hydrogens (tertiary/aromatic N) is 2. The third-order valence-corrected chi connectivity index (χ3v) is 4.18. The largest absolute Gasteiger partial charge is 0.374 e. The van der Waals surface area contributed by atoms with Crippen molar-refractivity contribution in [2.45, 2.75) is 44.8 Å². The van der Waals surface area contributed by atoms with Crippen molar-refractivity contribution in [3.63, 3.8) is 0 Å². The van der Waals surface area contributed by atoms with Crippen LogP contribution in [0.2, 0.25) is 0 Å². The Labute approximate surface area is 111 Å². The molecule has 0 bridgehead atoms. The minimum absolute atomic E-state index is 0.479. The minimum Gasteiger partial charge on any atom is -0.374 e. The lowest BCUT2D eigenvalue weighted by atomic mass is 10.2. The molecule has 0 aromatic rings. The highest BCUT2D eigenvalue weighted by atomic mass is 16.5. The van der Waals surface area contributed by atoms with E-state index in [0.29, 0.717) is 12.2 Å². The van der Waals surface area contributed by atoms with Gasteiger partial charge in [-0.2, -0.15) is 0 Å². The lowest BCUT2D eigenvalue weighted by molar-refractivity contribution is 0.0191. The standard InChI is InChI=1S/C14H29N3O/c1-13-4-5-14(18-13)12-17-10-8-16(9-11-17)7-3-2-6-15/h13-14H,2-12,15H2,1H3. The van der Waals surface area contributed by atoms with Gasteiger partial charge < -0.3 is 15.4 Å². The van der Waals surface area contributed by atoms with Crippen LogP contribution in [0.25, 0.3) is 0 Å². The van der Waals surface area contributed by atoms with E-state index in [0.717, 1.165) is 19.5 Å². The molecule has 0 spiro atoms. The molecule has 2 fully saturated rings. The molecule has 18 heavy (non-hydrogen) atoms. The van der Waals surface area contributed by atoms with Crippen LogP contribution in [0.3, 0.4) is 0 Å². The molecule has 0 aliphatic carbocycles. The molecule has 2 rings (SSSR count). The zero-order valence-electron chi connectivity index (χ0n) is 11.8. The van der Waals surface area contributed by atoms with Crippen LogP contribution in [0.4, 0.5) is 0 Å². The third kappa shape index (κ3) is 4.50. The van der Waals surface area contributed by atoms with Gasteiger partial charge >= 0.3 is 0 Å². The Hall–Kier alpha value is -0.160. The van der Waals surface area contributed by atoms with Crippen molar-refractivity contribution < 1.29 is 4.74 Å². The number of ether oxygens (including phenoxy) is 1. The highest BCUT2D eigenvalue weighted by Gasteiger charge is 2.25. The molecular weight excluding hydrogens is 226 g/mol. The molecule has 2 aliphatic rings. The molecule has 2 N–H and O–H groups in total. The third-order valence-electron chi connectivity index (χ3n) is 4.18. The smallest absolute Gasteiger partial charge is 0.0706 e. The van der Waals surface area contributed by atoms with E-state index in [2.05, 4.69) is 16.7 Å². The van der Waals surface area contributed by atoms with Gasteiger partial charge in [0.05, 0.1) is 12.2 Å². The number of nitrogens with two attached hydrogens (primary N) is 1. The van der Waals surface area contributed by atoms with E-state index in [1.807, 2.05) is 0 Å². The highest BCUT2D eigenvalue weighted by molar-refractivity contribution is 4.78. The number of rotatable bonds is 6. The quantitative estimate of drug-likeness (QED) is 0.716. The van der Waals surface area contributed by atoms with Gasteiger partial charge in [0.1, 0.15) is 0 Å². The fourth-order valence-corrected chi connectivity index (χ4v) is 2.98. The number of hydrogen-bond donors (Lipinski definition) is 1. The van der Waals surface area contributed by atoms with Gasteiger partial charge in [0, 0.05) is 32.7 Å². The molecule has 2 heterocycles. The average molecular weight is 255 g/mol. The highest BCUT2D eigenvalue weighted by Crippen LogP contribution is 2.20. The fourth-order valence-electron chi connectivity index (χ4n) is 2.98. The Morgan fingerprint density at radius 2 is 1.78 bits per heavy atom. The molecule has 2 atom stereocenters. The Balaban J connectivity index is 1.58. The maximum absolute atomic E-state index is 5.90. The van der Waals surface area contributed by atoms with E-state index in [-0.39, 0.29) is 0 Å². The summed E-state index contributed by atoms with van der Waals surface area (Å²) in [5.74, 6) is 0. The molecule has 2 aliphatic heterocycles. The predicted molar refractivity (Wildman–Crippen MR) is 74.7 cm³/mol. The minimum atomic E-state index is 0.479. The average Bonchev–Trinajstić information content (AvgIpc) is 2.77. The summed E-state index contributed by atoms with van der Waals surface area (Å²) in [7, 11) is 0. The van der Waals surface area contributed by atoms with Crippen LogP contribution in [0.5, 0.6) is 0 Å². The van der Waals surface area contributed by atoms with Crippen LogP contribution >= 0.6 is 0 Å². The first-order valence-electron chi connectivity index (χ1n) is 7.58. The van der Waals surface area contributed by atoms with E-state index in [4.69, 9.17) is 10.5 Å². The molecule has 106 valence electrons. The summed E-state index contributed by atoms with van der Waals surface area (Å²) in [6.45, 7) is 10.2. The van der Waals surface area contributed by atoms with E-state index in [9.17, 15) is 0 Å². The van der Waals surface area contributed by atoms with E-state index in [1.54, 1.807) is 0 Å². The van der Waals surface area contributed by atoms with Gasteiger partial charge in [-0.25, -0.2) is 0 Å². The summed E-state index contributed by atoms with van der Waals surface area (Å²) in [5, 5.41) is 0. The number of hydrogen-bond acceptors (Lipinski definition) is 4. The normalized spacial score (nSPS) is 31.0. The second-order valence-corrected chi connectivity index (χ2v) is 5.78. The fraction of sp³-hybridized carbons (Fsp3) is 1.00. The summed E-state index contributed by atoms with van der Waals surface area (Å²) < 4.78 is 5.90. The van der Waals surface area contributed by atoms with Gasteiger partial charge in [0.25, 0.3) is 0 Å². The van der Waals surface area contributed by atoms with E-state index < -0.39 is 0 Å². The first-order chi connectivity index (χ1) is 8.78. The number of unbranched alkanes of at least 4 members (excludes halogenated alkanes) is 1. The van der Waals surface area contributed by atoms with Crippen LogP contribution in [0.1, 0.15) is 32.6 Å². The summed E-state index contributed by atoms with van der Waals surface area (Å²) in [6.07, 6.45) is 5.87. The van der Waals surface area contributed by atoms with Gasteiger partial charge in [-0.05, 0) is 45.7 Å². The van der Waals surface area contributed by atoms with Crippen molar-refractivity contribution in [1.82, 2.24) is 9.80 Å². The van der Waals surface area contributed by atoms with Crippen molar-refractivity contribution >= 4 is 0 Å². The molecule has 0 aromatic heterocycles. The summed E-state index contributed by atoms with van der Waals surface area (Å²) in [5.41, 5.74) is 5.53.